The number of amides is 1. The molecule has 1 fully saturated rings. The predicted octanol–water partition coefficient (Wildman–Crippen LogP) is 6.80. The molecule has 1 atom stereocenters. The third kappa shape index (κ3) is 6.40. The Bertz CT molecular complexity index is 1420. The number of carbonyl (C=O) groups is 2. The third-order valence-electron chi connectivity index (χ3n) is 7.04. The maximum atomic E-state index is 13.6. The largest absolute Gasteiger partial charge is 0.507 e. The quantitative estimate of drug-likeness (QED) is 0.168. The van der Waals surface area contributed by atoms with Gasteiger partial charge in [0.05, 0.1) is 37.0 Å². The molecule has 7 heteroatoms. The lowest BCUT2D eigenvalue weighted by molar-refractivity contribution is -0.140. The van der Waals surface area contributed by atoms with Crippen molar-refractivity contribution < 1.29 is 28.9 Å². The Morgan fingerprint density at radius 2 is 1.39 bits per heavy atom. The van der Waals surface area contributed by atoms with E-state index in [-0.39, 0.29) is 23.3 Å². The highest BCUT2D eigenvalue weighted by molar-refractivity contribution is 6.46. The summed E-state index contributed by atoms with van der Waals surface area (Å²) in [7, 11) is 0. The molecule has 216 valence electrons. The van der Waals surface area contributed by atoms with Crippen molar-refractivity contribution in [3.8, 4) is 17.2 Å². The highest BCUT2D eigenvalue weighted by atomic mass is 16.5. The molecule has 4 rings (SSSR count). The van der Waals surface area contributed by atoms with Crippen LogP contribution in [0.2, 0.25) is 0 Å². The number of ketones is 1. The number of nitrogens with zero attached hydrogens (tertiary/aromatic N) is 1. The van der Waals surface area contributed by atoms with Crippen LogP contribution in [0.5, 0.6) is 17.2 Å². The summed E-state index contributed by atoms with van der Waals surface area (Å²) < 4.78 is 17.0. The smallest absolute Gasteiger partial charge is 0.295 e. The molecule has 0 saturated carbocycles. The van der Waals surface area contributed by atoms with Gasteiger partial charge in [-0.05, 0) is 67.1 Å². The monoisotopic (exact) mass is 557 g/mol. The number of ether oxygens (including phenoxy) is 3. The van der Waals surface area contributed by atoms with E-state index in [0.29, 0.717) is 36.9 Å². The lowest BCUT2D eigenvalue weighted by Gasteiger charge is -2.27. The first-order valence-electron chi connectivity index (χ1n) is 14.1. The van der Waals surface area contributed by atoms with Crippen molar-refractivity contribution in [2.75, 3.05) is 19.8 Å². The first-order chi connectivity index (χ1) is 19.6. The van der Waals surface area contributed by atoms with Gasteiger partial charge in [0.15, 0.2) is 0 Å². The van der Waals surface area contributed by atoms with E-state index in [0.717, 1.165) is 22.4 Å². The minimum absolute atomic E-state index is 0.0227. The molecule has 3 aromatic rings. The van der Waals surface area contributed by atoms with Gasteiger partial charge in [-0.2, -0.15) is 0 Å². The highest BCUT2D eigenvalue weighted by Gasteiger charge is 2.46. The highest BCUT2D eigenvalue weighted by Crippen LogP contribution is 2.42. The van der Waals surface area contributed by atoms with Crippen molar-refractivity contribution in [2.45, 2.75) is 59.5 Å². The average Bonchev–Trinajstić information content (AvgIpc) is 3.19. The van der Waals surface area contributed by atoms with Crippen LogP contribution in [0.15, 0.2) is 72.3 Å². The fourth-order valence-electron chi connectivity index (χ4n) is 4.98. The van der Waals surface area contributed by atoms with Crippen molar-refractivity contribution in [3.05, 3.63) is 94.6 Å². The molecule has 1 heterocycles. The minimum Gasteiger partial charge on any atom is -0.507 e. The molecule has 7 nitrogen and oxygen atoms in total. The van der Waals surface area contributed by atoms with Gasteiger partial charge < -0.3 is 24.2 Å². The second-order valence-electron chi connectivity index (χ2n) is 10.9. The number of rotatable bonds is 10. The van der Waals surface area contributed by atoms with Crippen LogP contribution in [0, 0.1) is 0 Å². The summed E-state index contributed by atoms with van der Waals surface area (Å²) in [5, 5.41) is 11.7. The molecule has 0 bridgehead atoms. The minimum atomic E-state index is -0.795. The van der Waals surface area contributed by atoms with Crippen molar-refractivity contribution in [2.24, 2.45) is 0 Å². The van der Waals surface area contributed by atoms with E-state index < -0.39 is 17.7 Å². The summed E-state index contributed by atoms with van der Waals surface area (Å²) in [6.45, 7) is 13.6. The number of likely N-dealkylation sites (tertiary alicyclic amines) is 1. The van der Waals surface area contributed by atoms with Crippen LogP contribution in [0.25, 0.3) is 5.76 Å². The average molecular weight is 558 g/mol. The van der Waals surface area contributed by atoms with E-state index >= 15 is 0 Å². The first kappa shape index (κ1) is 29.7. The van der Waals surface area contributed by atoms with E-state index in [4.69, 9.17) is 14.2 Å². The van der Waals surface area contributed by atoms with Crippen LogP contribution >= 0.6 is 0 Å². The fraction of sp³-hybridized carbons (Fsp3) is 0.353. The molecule has 1 unspecified atom stereocenters. The maximum Gasteiger partial charge on any atom is 0.295 e. The summed E-state index contributed by atoms with van der Waals surface area (Å²) in [5.74, 6) is -0.0160. The van der Waals surface area contributed by atoms with E-state index in [1.54, 1.807) is 18.2 Å². The van der Waals surface area contributed by atoms with Crippen LogP contribution in [0.3, 0.4) is 0 Å². The zero-order valence-corrected chi connectivity index (χ0v) is 24.7. The molecule has 1 saturated heterocycles. The molecule has 1 amide bonds. The van der Waals surface area contributed by atoms with E-state index in [9.17, 15) is 14.7 Å². The van der Waals surface area contributed by atoms with Gasteiger partial charge >= 0.3 is 0 Å². The Hall–Kier alpha value is -4.26. The maximum absolute atomic E-state index is 13.6. The Labute approximate surface area is 242 Å². The van der Waals surface area contributed by atoms with Crippen molar-refractivity contribution in [1.82, 2.24) is 4.90 Å². The predicted molar refractivity (Wildman–Crippen MR) is 159 cm³/mol. The summed E-state index contributed by atoms with van der Waals surface area (Å²) in [6, 6.07) is 19.6. The second kappa shape index (κ2) is 12.5. The van der Waals surface area contributed by atoms with Crippen LogP contribution < -0.4 is 14.2 Å². The number of carbonyl (C=O) groups excluding carboxylic acids is 2. The summed E-state index contributed by atoms with van der Waals surface area (Å²) in [5.41, 5.74) is 2.96. The van der Waals surface area contributed by atoms with E-state index in [1.165, 1.54) is 4.90 Å². The number of benzene rings is 3. The topological polar surface area (TPSA) is 85.3 Å². The number of aliphatic hydroxyl groups excluding tert-OH is 1. The van der Waals surface area contributed by atoms with Crippen LogP contribution in [-0.4, -0.2) is 41.5 Å². The fourth-order valence-corrected chi connectivity index (χ4v) is 4.98. The standard InChI is InChI=1S/C34H39NO6/c1-7-39-25-16-10-22(11-17-25)21-35-30(23-12-14-24(15-13-23)34(4,5)6)29(32(37)33(35)38)31(36)27-19-18-26(40-8-2)20-28(27)41-9-3/h10-20,30,36H,7-9,21H2,1-6H3/b31-29-. The molecule has 41 heavy (non-hydrogen) atoms. The number of hydrogen-bond acceptors (Lipinski definition) is 6. The van der Waals surface area contributed by atoms with Crippen molar-refractivity contribution in [1.29, 1.82) is 0 Å². The Kier molecular flexibility index (Phi) is 9.06. The molecule has 0 aliphatic carbocycles. The van der Waals surface area contributed by atoms with Crippen LogP contribution in [0.4, 0.5) is 0 Å². The zero-order valence-electron chi connectivity index (χ0n) is 24.7. The van der Waals surface area contributed by atoms with Crippen molar-refractivity contribution >= 4 is 17.4 Å². The van der Waals surface area contributed by atoms with E-state index in [1.807, 2.05) is 69.3 Å². The van der Waals surface area contributed by atoms with Crippen LogP contribution in [0.1, 0.15) is 69.8 Å². The van der Waals surface area contributed by atoms with Gasteiger partial charge in [0, 0.05) is 12.6 Å². The number of Topliss-reactive ketones (excluding diaryl/α,β-unsaturated/α-hetero) is 1. The Morgan fingerprint density at radius 3 is 1.98 bits per heavy atom. The van der Waals surface area contributed by atoms with E-state index in [2.05, 4.69) is 20.8 Å². The van der Waals surface area contributed by atoms with Gasteiger partial charge in [0.25, 0.3) is 11.7 Å². The van der Waals surface area contributed by atoms with Gasteiger partial charge in [0.1, 0.15) is 23.0 Å². The molecule has 3 aromatic carbocycles. The molecule has 0 radical (unpaired) electrons. The van der Waals surface area contributed by atoms with Gasteiger partial charge in [-0.3, -0.25) is 9.59 Å². The molecule has 1 N–H and O–H groups in total. The number of hydrogen-bond donors (Lipinski definition) is 1. The van der Waals surface area contributed by atoms with Gasteiger partial charge in [-0.15, -0.1) is 0 Å². The number of aliphatic hydroxyl groups is 1. The summed E-state index contributed by atoms with van der Waals surface area (Å²) >= 11 is 0. The lowest BCUT2D eigenvalue weighted by Crippen LogP contribution is -2.29. The zero-order chi connectivity index (χ0) is 29.7. The molecule has 0 aromatic heterocycles. The molecule has 0 spiro atoms. The van der Waals surface area contributed by atoms with Crippen LogP contribution in [-0.2, 0) is 21.5 Å². The molecular weight excluding hydrogens is 518 g/mol. The SMILES string of the molecule is CCOc1ccc(CN2C(=O)C(=O)/C(=C(\O)c3ccc(OCC)cc3OCC)C2c2ccc(C(C)(C)C)cc2)cc1. The Balaban J connectivity index is 1.85. The molecule has 1 aliphatic heterocycles. The normalized spacial score (nSPS) is 16.6. The van der Waals surface area contributed by atoms with Crippen molar-refractivity contribution in [3.63, 3.8) is 0 Å². The van der Waals surface area contributed by atoms with Gasteiger partial charge in [-0.1, -0.05) is 57.2 Å². The van der Waals surface area contributed by atoms with Gasteiger partial charge in [0.2, 0.25) is 0 Å². The summed E-state index contributed by atoms with van der Waals surface area (Å²) in [4.78, 5) is 28.7. The molecule has 1 aliphatic rings. The molecular formula is C34H39NO6. The Morgan fingerprint density at radius 1 is 0.805 bits per heavy atom. The summed E-state index contributed by atoms with van der Waals surface area (Å²) in [6.07, 6.45) is 0. The first-order valence-corrected chi connectivity index (χ1v) is 14.1. The second-order valence-corrected chi connectivity index (χ2v) is 10.9. The van der Waals surface area contributed by atoms with Gasteiger partial charge in [-0.25, -0.2) is 0 Å². The third-order valence-corrected chi connectivity index (χ3v) is 7.04. The lowest BCUT2D eigenvalue weighted by atomic mass is 9.85.